The molecule has 3 aromatic carbocycles. The molecule has 5 rings (SSSR count). The monoisotopic (exact) mass is 573 g/mol. The number of ether oxygens (including phenoxy) is 5. The van der Waals surface area contributed by atoms with Crippen molar-refractivity contribution in [1.29, 1.82) is 0 Å². The van der Waals surface area contributed by atoms with Crippen LogP contribution in [0.5, 0.6) is 28.7 Å². The fourth-order valence-corrected chi connectivity index (χ4v) is 5.37. The lowest BCUT2D eigenvalue weighted by molar-refractivity contribution is 0.0588. The Labute approximate surface area is 244 Å². The fourth-order valence-electron chi connectivity index (χ4n) is 5.37. The van der Waals surface area contributed by atoms with Gasteiger partial charge in [0.25, 0.3) is 5.91 Å². The highest BCUT2D eigenvalue weighted by molar-refractivity contribution is 5.95. The largest absolute Gasteiger partial charge is 0.493 e. The van der Waals surface area contributed by atoms with Gasteiger partial charge in [-0.2, -0.15) is 0 Å². The number of methoxy groups -OCH3 is 2. The van der Waals surface area contributed by atoms with Crippen LogP contribution >= 0.6 is 0 Å². The molecule has 0 N–H and O–H groups in total. The molecule has 0 spiro atoms. The van der Waals surface area contributed by atoms with Crippen LogP contribution < -0.4 is 29.3 Å². The first kappa shape index (κ1) is 28.9. The summed E-state index contributed by atoms with van der Waals surface area (Å²) < 4.78 is 34.3. The van der Waals surface area contributed by atoms with Gasteiger partial charge in [0.1, 0.15) is 17.9 Å². The molecule has 0 saturated heterocycles. The van der Waals surface area contributed by atoms with Gasteiger partial charge in [0.05, 0.1) is 33.5 Å². The topological polar surface area (TPSA) is 96.7 Å². The molecule has 1 aliphatic heterocycles. The normalized spacial score (nSPS) is 14.3. The van der Waals surface area contributed by atoms with Crippen LogP contribution in [-0.4, -0.2) is 51.4 Å². The molecule has 0 unspecified atom stereocenters. The van der Waals surface area contributed by atoms with E-state index in [2.05, 4.69) is 0 Å². The molecule has 1 atom stereocenters. The standard InChI is InChI=1S/C33H35NO8/c1-6-39-27-11-8-22(16-31(27)40-7-2)33(36)34-13-12-21-15-29(37-4)30(38-5)18-25(21)26(34)19-41-23-9-10-24-20(3)14-32(35)42-28(24)17-23/h8-11,14-18,26H,6-7,12-13,19H2,1-5H3/t26-/m0/s1. The second kappa shape index (κ2) is 12.5. The van der Waals surface area contributed by atoms with E-state index in [1.807, 2.05) is 49.9 Å². The van der Waals surface area contributed by atoms with Crippen LogP contribution in [0.15, 0.2) is 63.8 Å². The number of nitrogens with zero attached hydrogens (tertiary/aromatic N) is 1. The number of aryl methyl sites for hydroxylation is 1. The third-order valence-corrected chi connectivity index (χ3v) is 7.38. The number of rotatable bonds is 10. The minimum absolute atomic E-state index is 0.158. The third-order valence-electron chi connectivity index (χ3n) is 7.38. The molecule has 220 valence electrons. The average Bonchev–Trinajstić information content (AvgIpc) is 2.99. The molecule has 1 aliphatic rings. The van der Waals surface area contributed by atoms with Crippen LogP contribution in [-0.2, 0) is 6.42 Å². The lowest BCUT2D eigenvalue weighted by Crippen LogP contribution is -2.42. The highest BCUT2D eigenvalue weighted by Gasteiger charge is 2.34. The van der Waals surface area contributed by atoms with Crippen molar-refractivity contribution >= 4 is 16.9 Å². The SMILES string of the molecule is CCOc1ccc(C(=O)N2CCc3cc(OC)c(OC)cc3[C@@H]2COc2ccc3c(C)cc(=O)oc3c2)cc1OCC. The molecule has 9 heteroatoms. The molecular formula is C33H35NO8. The van der Waals surface area contributed by atoms with Crippen LogP contribution in [0, 0.1) is 6.92 Å². The van der Waals surface area contributed by atoms with E-state index < -0.39 is 11.7 Å². The zero-order valence-corrected chi connectivity index (χ0v) is 24.5. The number of amides is 1. The van der Waals surface area contributed by atoms with E-state index in [4.69, 9.17) is 28.1 Å². The molecule has 9 nitrogen and oxygen atoms in total. The van der Waals surface area contributed by atoms with E-state index in [0.717, 1.165) is 22.1 Å². The summed E-state index contributed by atoms with van der Waals surface area (Å²) in [5.74, 6) is 2.68. The van der Waals surface area contributed by atoms with Crippen LogP contribution in [0.3, 0.4) is 0 Å². The Morgan fingerprint density at radius 1 is 0.881 bits per heavy atom. The van der Waals surface area contributed by atoms with Gasteiger partial charge in [-0.15, -0.1) is 0 Å². The number of hydrogen-bond donors (Lipinski definition) is 0. The Hall–Kier alpha value is -4.66. The van der Waals surface area contributed by atoms with Crippen molar-refractivity contribution in [1.82, 2.24) is 4.90 Å². The van der Waals surface area contributed by atoms with Crippen molar-refractivity contribution in [3.8, 4) is 28.7 Å². The molecular weight excluding hydrogens is 538 g/mol. The van der Waals surface area contributed by atoms with Crippen molar-refractivity contribution in [3.05, 3.63) is 87.3 Å². The van der Waals surface area contributed by atoms with Crippen molar-refractivity contribution in [2.24, 2.45) is 0 Å². The minimum atomic E-state index is -0.441. The fraction of sp³-hybridized carbons (Fsp3) is 0.333. The lowest BCUT2D eigenvalue weighted by Gasteiger charge is -2.37. The number of fused-ring (bicyclic) bond motifs is 2. The minimum Gasteiger partial charge on any atom is -0.493 e. The highest BCUT2D eigenvalue weighted by Crippen LogP contribution is 2.40. The third kappa shape index (κ3) is 5.72. The van der Waals surface area contributed by atoms with Crippen molar-refractivity contribution in [3.63, 3.8) is 0 Å². The van der Waals surface area contributed by atoms with Crippen molar-refractivity contribution < 1.29 is 32.9 Å². The number of benzene rings is 3. The number of carbonyl (C=O) groups excluding carboxylic acids is 1. The second-order valence-corrected chi connectivity index (χ2v) is 9.92. The van der Waals surface area contributed by atoms with E-state index in [-0.39, 0.29) is 12.5 Å². The first-order chi connectivity index (χ1) is 20.4. The smallest absolute Gasteiger partial charge is 0.336 e. The van der Waals surface area contributed by atoms with Gasteiger partial charge in [-0.05, 0) is 86.3 Å². The Morgan fingerprint density at radius 3 is 2.36 bits per heavy atom. The van der Waals surface area contributed by atoms with E-state index in [0.29, 0.717) is 66.1 Å². The molecule has 42 heavy (non-hydrogen) atoms. The van der Waals surface area contributed by atoms with Gasteiger partial charge in [0.15, 0.2) is 23.0 Å². The van der Waals surface area contributed by atoms with Crippen LogP contribution in [0.1, 0.15) is 46.9 Å². The first-order valence-electron chi connectivity index (χ1n) is 14.0. The second-order valence-electron chi connectivity index (χ2n) is 9.92. The Morgan fingerprint density at radius 2 is 1.62 bits per heavy atom. The van der Waals surface area contributed by atoms with Crippen molar-refractivity contribution in [2.75, 3.05) is 40.6 Å². The van der Waals surface area contributed by atoms with Gasteiger partial charge in [-0.3, -0.25) is 4.79 Å². The van der Waals surface area contributed by atoms with E-state index >= 15 is 0 Å². The number of hydrogen-bond acceptors (Lipinski definition) is 8. The molecule has 2 heterocycles. The first-order valence-corrected chi connectivity index (χ1v) is 14.0. The van der Waals surface area contributed by atoms with Gasteiger partial charge in [-0.1, -0.05) is 0 Å². The Bertz CT molecular complexity index is 1660. The van der Waals surface area contributed by atoms with E-state index in [1.54, 1.807) is 38.5 Å². The van der Waals surface area contributed by atoms with Crippen molar-refractivity contribution in [2.45, 2.75) is 33.2 Å². The predicted molar refractivity (Wildman–Crippen MR) is 159 cm³/mol. The maximum Gasteiger partial charge on any atom is 0.336 e. The summed E-state index contributed by atoms with van der Waals surface area (Å²) in [7, 11) is 3.19. The van der Waals surface area contributed by atoms with Crippen LogP contribution in [0.25, 0.3) is 11.0 Å². The van der Waals surface area contributed by atoms with E-state index in [9.17, 15) is 9.59 Å². The summed E-state index contributed by atoms with van der Waals surface area (Å²) in [6.45, 7) is 7.21. The summed E-state index contributed by atoms with van der Waals surface area (Å²) in [5.41, 5.74) is 3.29. The maximum atomic E-state index is 14.1. The molecule has 0 saturated carbocycles. The summed E-state index contributed by atoms with van der Waals surface area (Å²) in [6, 6.07) is 15.5. The maximum absolute atomic E-state index is 14.1. The molecule has 0 fully saturated rings. The van der Waals surface area contributed by atoms with Crippen LogP contribution in [0.2, 0.25) is 0 Å². The quantitative estimate of drug-likeness (QED) is 0.222. The summed E-state index contributed by atoms with van der Waals surface area (Å²) in [5, 5.41) is 0.833. The molecule has 1 amide bonds. The highest BCUT2D eigenvalue weighted by atomic mass is 16.5. The van der Waals surface area contributed by atoms with Gasteiger partial charge in [0.2, 0.25) is 0 Å². The van der Waals surface area contributed by atoms with Crippen LogP contribution in [0.4, 0.5) is 0 Å². The van der Waals surface area contributed by atoms with Gasteiger partial charge in [0, 0.05) is 29.6 Å². The molecule has 0 bridgehead atoms. The summed E-state index contributed by atoms with van der Waals surface area (Å²) in [4.78, 5) is 27.8. The lowest BCUT2D eigenvalue weighted by atomic mass is 9.91. The molecule has 0 radical (unpaired) electrons. The predicted octanol–water partition coefficient (Wildman–Crippen LogP) is 5.73. The summed E-state index contributed by atoms with van der Waals surface area (Å²) >= 11 is 0. The van der Waals surface area contributed by atoms with Gasteiger partial charge < -0.3 is 33.0 Å². The molecule has 0 aliphatic carbocycles. The van der Waals surface area contributed by atoms with E-state index in [1.165, 1.54) is 6.07 Å². The molecule has 4 aromatic rings. The Kier molecular flexibility index (Phi) is 8.56. The zero-order valence-electron chi connectivity index (χ0n) is 24.5. The van der Waals surface area contributed by atoms with Gasteiger partial charge in [-0.25, -0.2) is 4.79 Å². The molecule has 1 aromatic heterocycles. The van der Waals surface area contributed by atoms with Gasteiger partial charge >= 0.3 is 5.63 Å². The average molecular weight is 574 g/mol. The zero-order chi connectivity index (χ0) is 29.8. The number of carbonyl (C=O) groups is 1. The summed E-state index contributed by atoms with van der Waals surface area (Å²) in [6.07, 6.45) is 0.633. The Balaban J connectivity index is 1.51.